The number of aldehydes is 1. The van der Waals surface area contributed by atoms with Gasteiger partial charge in [0.15, 0.2) is 0 Å². The Kier molecular flexibility index (Phi) is 8.74. The van der Waals surface area contributed by atoms with E-state index in [2.05, 4.69) is 35.9 Å². The molecule has 2 aliphatic carbocycles. The van der Waals surface area contributed by atoms with Crippen molar-refractivity contribution < 1.29 is 23.9 Å². The van der Waals surface area contributed by atoms with Crippen molar-refractivity contribution in [2.45, 2.75) is 41.5 Å². The van der Waals surface area contributed by atoms with E-state index in [-0.39, 0.29) is 46.4 Å². The van der Waals surface area contributed by atoms with Crippen molar-refractivity contribution in [2.75, 3.05) is 13.2 Å². The van der Waals surface area contributed by atoms with Gasteiger partial charge in [0.2, 0.25) is 0 Å². The predicted molar refractivity (Wildman–Crippen MR) is 129 cm³/mol. The lowest BCUT2D eigenvalue weighted by atomic mass is 10.1. The van der Waals surface area contributed by atoms with Gasteiger partial charge in [-0.2, -0.15) is 0 Å². The third-order valence-electron chi connectivity index (χ3n) is 6.49. The lowest BCUT2D eigenvalue weighted by Crippen LogP contribution is -2.10. The normalized spacial score (nSPS) is 26.8. The van der Waals surface area contributed by atoms with Crippen molar-refractivity contribution in [1.82, 2.24) is 0 Å². The summed E-state index contributed by atoms with van der Waals surface area (Å²) in [6, 6.07) is 7.62. The van der Waals surface area contributed by atoms with Gasteiger partial charge < -0.3 is 14.3 Å². The van der Waals surface area contributed by atoms with Gasteiger partial charge in [0, 0.05) is 15.4 Å². The first-order valence-electron chi connectivity index (χ1n) is 10.8. The smallest absolute Gasteiger partial charge is 0.310 e. The molecule has 2 aliphatic rings. The average molecular weight is 528 g/mol. The monoisotopic (exact) mass is 526 g/mol. The summed E-state index contributed by atoms with van der Waals surface area (Å²) in [5.41, 5.74) is 0.825. The predicted octanol–water partition coefficient (Wildman–Crippen LogP) is 5.93. The standard InChI is InChI=1S/C16H18BrClO2.C9H14O3/c1-4-20-15(19)14-12(16(14,2)3)9-13(17)10-5-7-11(18)8-6-10;1-4-12-8(11)7-6(5-10)9(7,2)3/h5-9,12,14H,4H2,1-3H3;5-7H,4H2,1-3H3/t;6-,7+/m.0/s1. The summed E-state index contributed by atoms with van der Waals surface area (Å²) in [5, 5.41) is 0.713. The maximum atomic E-state index is 11.9. The fourth-order valence-electron chi connectivity index (χ4n) is 4.15. The Morgan fingerprint density at radius 1 is 0.938 bits per heavy atom. The molecule has 0 aliphatic heterocycles. The van der Waals surface area contributed by atoms with Gasteiger partial charge in [-0.3, -0.25) is 9.59 Å². The van der Waals surface area contributed by atoms with Gasteiger partial charge in [-0.25, -0.2) is 0 Å². The van der Waals surface area contributed by atoms with Gasteiger partial charge in [-0.05, 0) is 48.3 Å². The lowest BCUT2D eigenvalue weighted by molar-refractivity contribution is -0.146. The van der Waals surface area contributed by atoms with E-state index < -0.39 is 0 Å². The fourth-order valence-corrected chi connectivity index (χ4v) is 4.82. The largest absolute Gasteiger partial charge is 0.466 e. The van der Waals surface area contributed by atoms with Crippen LogP contribution in [0.5, 0.6) is 0 Å². The highest BCUT2D eigenvalue weighted by atomic mass is 79.9. The second-order valence-electron chi connectivity index (χ2n) is 9.31. The van der Waals surface area contributed by atoms with Crippen LogP contribution in [-0.4, -0.2) is 31.4 Å². The van der Waals surface area contributed by atoms with E-state index in [0.717, 1.165) is 16.3 Å². The summed E-state index contributed by atoms with van der Waals surface area (Å²) in [6.07, 6.45) is 2.95. The molecule has 1 aromatic rings. The van der Waals surface area contributed by atoms with Crippen molar-refractivity contribution in [2.24, 2.45) is 34.5 Å². The Morgan fingerprint density at radius 2 is 1.38 bits per heavy atom. The molecule has 3 rings (SSSR count). The molecule has 0 amide bonds. The minimum atomic E-state index is -0.236. The number of ether oxygens (including phenoxy) is 2. The van der Waals surface area contributed by atoms with Gasteiger partial charge in [-0.15, -0.1) is 0 Å². The summed E-state index contributed by atoms with van der Waals surface area (Å²) in [7, 11) is 0. The summed E-state index contributed by atoms with van der Waals surface area (Å²) >= 11 is 9.47. The van der Waals surface area contributed by atoms with Crippen molar-refractivity contribution in [1.29, 1.82) is 0 Å². The average Bonchev–Trinajstić information content (AvgIpc) is 3.49. The first-order valence-corrected chi connectivity index (χ1v) is 12.0. The Morgan fingerprint density at radius 3 is 1.78 bits per heavy atom. The number of hydrogen-bond donors (Lipinski definition) is 0. The molecule has 4 atom stereocenters. The van der Waals surface area contributed by atoms with Crippen molar-refractivity contribution >= 4 is 50.2 Å². The van der Waals surface area contributed by atoms with E-state index in [4.69, 9.17) is 21.1 Å². The van der Waals surface area contributed by atoms with Crippen LogP contribution in [0, 0.1) is 34.5 Å². The van der Waals surface area contributed by atoms with Crippen LogP contribution in [0.25, 0.3) is 4.48 Å². The molecular weight excluding hydrogens is 496 g/mol. The number of rotatable bonds is 7. The van der Waals surface area contributed by atoms with Crippen LogP contribution in [-0.2, 0) is 23.9 Å². The first kappa shape index (κ1) is 26.6. The first-order chi connectivity index (χ1) is 14.9. The number of carbonyl (C=O) groups excluding carboxylic acids is 3. The molecule has 0 radical (unpaired) electrons. The van der Waals surface area contributed by atoms with Crippen LogP contribution in [0.4, 0.5) is 0 Å². The van der Waals surface area contributed by atoms with Crippen molar-refractivity contribution in [3.05, 3.63) is 40.9 Å². The Bertz CT molecular complexity index is 875. The highest BCUT2D eigenvalue weighted by Crippen LogP contribution is 2.60. The SMILES string of the molecule is CCOC(=O)C1C(C=C(Br)c2ccc(Cl)cc2)C1(C)C.CCOC(=O)[C@H]1[C@H](C=O)C1(C)C. The number of halogens is 2. The van der Waals surface area contributed by atoms with E-state index in [9.17, 15) is 14.4 Å². The molecule has 7 heteroatoms. The third-order valence-corrected chi connectivity index (χ3v) is 7.47. The molecule has 0 spiro atoms. The zero-order valence-electron chi connectivity index (χ0n) is 19.5. The maximum Gasteiger partial charge on any atom is 0.310 e. The van der Waals surface area contributed by atoms with Crippen LogP contribution in [0.2, 0.25) is 5.02 Å². The highest BCUT2D eigenvalue weighted by molar-refractivity contribution is 9.15. The van der Waals surface area contributed by atoms with E-state index in [1.54, 1.807) is 6.92 Å². The molecule has 2 fully saturated rings. The number of allylic oxidation sites excluding steroid dienone is 1. The van der Waals surface area contributed by atoms with Gasteiger partial charge in [0.05, 0.1) is 25.0 Å². The number of benzene rings is 1. The second kappa shape index (κ2) is 10.5. The molecule has 2 saturated carbocycles. The lowest BCUT2D eigenvalue weighted by Gasteiger charge is -2.01. The highest BCUT2D eigenvalue weighted by Gasteiger charge is 2.63. The molecule has 0 heterocycles. The summed E-state index contributed by atoms with van der Waals surface area (Å²) in [6.45, 7) is 12.4. The minimum absolute atomic E-state index is 0.0439. The molecular formula is C25H32BrClO5. The van der Waals surface area contributed by atoms with Crippen LogP contribution >= 0.6 is 27.5 Å². The Labute approximate surface area is 204 Å². The Hall–Kier alpha value is -1.66. The quantitative estimate of drug-likeness (QED) is 0.325. The van der Waals surface area contributed by atoms with Gasteiger partial charge in [0.1, 0.15) is 6.29 Å². The fraction of sp³-hybridized carbons (Fsp3) is 0.560. The molecule has 2 unspecified atom stereocenters. The van der Waals surface area contributed by atoms with Gasteiger partial charge >= 0.3 is 11.9 Å². The minimum Gasteiger partial charge on any atom is -0.466 e. The van der Waals surface area contributed by atoms with Crippen LogP contribution < -0.4 is 0 Å². The van der Waals surface area contributed by atoms with Gasteiger partial charge in [0.25, 0.3) is 0 Å². The number of carbonyl (C=O) groups is 3. The number of hydrogen-bond acceptors (Lipinski definition) is 5. The van der Waals surface area contributed by atoms with E-state index >= 15 is 0 Å². The molecule has 0 bridgehead atoms. The zero-order chi connectivity index (χ0) is 24.3. The molecule has 5 nitrogen and oxygen atoms in total. The zero-order valence-corrected chi connectivity index (χ0v) is 21.8. The summed E-state index contributed by atoms with van der Waals surface area (Å²) < 4.78 is 11.0. The molecule has 176 valence electrons. The topological polar surface area (TPSA) is 69.7 Å². The third kappa shape index (κ3) is 5.82. The number of esters is 2. The summed E-state index contributed by atoms with van der Waals surface area (Å²) in [5.74, 6) is -0.546. The molecule has 0 saturated heterocycles. The van der Waals surface area contributed by atoms with Crippen LogP contribution in [0.15, 0.2) is 30.3 Å². The maximum absolute atomic E-state index is 11.9. The molecule has 1 aromatic carbocycles. The molecule has 0 aromatic heterocycles. The van der Waals surface area contributed by atoms with Crippen LogP contribution in [0.3, 0.4) is 0 Å². The van der Waals surface area contributed by atoms with Crippen molar-refractivity contribution in [3.8, 4) is 0 Å². The van der Waals surface area contributed by atoms with Crippen LogP contribution in [0.1, 0.15) is 47.1 Å². The second-order valence-corrected chi connectivity index (χ2v) is 10.6. The molecule has 0 N–H and O–H groups in total. The van der Waals surface area contributed by atoms with Gasteiger partial charge in [-0.1, -0.05) is 73.4 Å². The Balaban J connectivity index is 0.000000258. The van der Waals surface area contributed by atoms with Crippen molar-refractivity contribution in [3.63, 3.8) is 0 Å². The molecule has 32 heavy (non-hydrogen) atoms. The summed E-state index contributed by atoms with van der Waals surface area (Å²) in [4.78, 5) is 33.6. The van der Waals surface area contributed by atoms with E-state index in [1.165, 1.54) is 0 Å². The van der Waals surface area contributed by atoms with E-state index in [1.807, 2.05) is 45.0 Å². The van der Waals surface area contributed by atoms with E-state index in [0.29, 0.717) is 18.2 Å².